The molecule has 2 nitrogen and oxygen atoms in total. The monoisotopic (exact) mass is 303 g/mol. The van der Waals surface area contributed by atoms with E-state index in [1.165, 1.54) is 30.0 Å². The molecule has 1 atom stereocenters. The fourth-order valence-electron chi connectivity index (χ4n) is 1.93. The lowest BCUT2D eigenvalue weighted by Crippen LogP contribution is -2.32. The van der Waals surface area contributed by atoms with E-state index in [0.29, 0.717) is 17.4 Å². The molecule has 2 rings (SSSR count). The molecule has 1 amide bonds. The fraction of sp³-hybridized carbons (Fsp3) is 0.417. The zero-order valence-electron chi connectivity index (χ0n) is 9.34. The lowest BCUT2D eigenvalue weighted by Gasteiger charge is -2.18. The summed E-state index contributed by atoms with van der Waals surface area (Å²) in [6.07, 6.45) is 0.325. The smallest absolute Gasteiger partial charge is 0.255 e. The van der Waals surface area contributed by atoms with Crippen LogP contribution in [-0.2, 0) is 0 Å². The van der Waals surface area contributed by atoms with Crippen molar-refractivity contribution in [2.75, 3.05) is 13.1 Å². The van der Waals surface area contributed by atoms with Gasteiger partial charge in [-0.1, -0.05) is 0 Å². The molecule has 1 aliphatic rings. The van der Waals surface area contributed by atoms with Crippen LogP contribution in [0.1, 0.15) is 23.7 Å². The molecule has 1 heterocycles. The number of likely N-dealkylation sites (tertiary alicyclic amines) is 1. The van der Waals surface area contributed by atoms with Crippen molar-refractivity contribution in [3.8, 4) is 0 Å². The van der Waals surface area contributed by atoms with Crippen LogP contribution in [0.4, 0.5) is 8.78 Å². The van der Waals surface area contributed by atoms with Crippen LogP contribution in [0.15, 0.2) is 22.7 Å². The van der Waals surface area contributed by atoms with Crippen molar-refractivity contribution in [3.05, 3.63) is 34.1 Å². The molecule has 5 heteroatoms. The van der Waals surface area contributed by atoms with Crippen LogP contribution in [0, 0.1) is 5.82 Å². The van der Waals surface area contributed by atoms with Crippen molar-refractivity contribution in [3.63, 3.8) is 0 Å². The van der Waals surface area contributed by atoms with Crippen LogP contribution in [0.5, 0.6) is 0 Å². The van der Waals surface area contributed by atoms with Gasteiger partial charge in [0.1, 0.15) is 11.5 Å². The molecule has 0 aliphatic carbocycles. The number of carbonyl (C=O) groups is 1. The number of hydrogen-bond acceptors (Lipinski definition) is 1. The SMILES string of the molecule is CC1(F)CCN(C(=O)c2cc(F)ccc2Br)C1. The first-order valence-corrected chi connectivity index (χ1v) is 6.12. The summed E-state index contributed by atoms with van der Waals surface area (Å²) in [5.74, 6) is -0.809. The number of rotatable bonds is 1. The van der Waals surface area contributed by atoms with Crippen LogP contribution >= 0.6 is 15.9 Å². The van der Waals surface area contributed by atoms with E-state index in [9.17, 15) is 13.6 Å². The van der Waals surface area contributed by atoms with Crippen molar-refractivity contribution in [2.24, 2.45) is 0 Å². The quantitative estimate of drug-likeness (QED) is 0.780. The van der Waals surface area contributed by atoms with Crippen LogP contribution < -0.4 is 0 Å². The number of benzene rings is 1. The summed E-state index contributed by atoms with van der Waals surface area (Å²) in [5, 5.41) is 0. The maximum absolute atomic E-state index is 13.6. The highest BCUT2D eigenvalue weighted by Crippen LogP contribution is 2.27. The fourth-order valence-corrected chi connectivity index (χ4v) is 2.35. The zero-order valence-corrected chi connectivity index (χ0v) is 10.9. The third-order valence-electron chi connectivity index (χ3n) is 2.87. The minimum atomic E-state index is -1.34. The summed E-state index contributed by atoms with van der Waals surface area (Å²) in [6.45, 7) is 1.91. The molecule has 0 bridgehead atoms. The van der Waals surface area contributed by atoms with E-state index in [4.69, 9.17) is 0 Å². The topological polar surface area (TPSA) is 20.3 Å². The highest BCUT2D eigenvalue weighted by molar-refractivity contribution is 9.10. The number of alkyl halides is 1. The van der Waals surface area contributed by atoms with Crippen LogP contribution in [0.25, 0.3) is 0 Å². The van der Waals surface area contributed by atoms with Gasteiger partial charge < -0.3 is 4.90 Å². The molecule has 1 unspecified atom stereocenters. The van der Waals surface area contributed by atoms with E-state index in [-0.39, 0.29) is 18.0 Å². The van der Waals surface area contributed by atoms with Crippen molar-refractivity contribution in [1.29, 1.82) is 0 Å². The second-order valence-electron chi connectivity index (χ2n) is 4.51. The summed E-state index contributed by atoms with van der Waals surface area (Å²) in [6, 6.07) is 3.91. The molecule has 0 radical (unpaired) electrons. The number of hydrogen-bond donors (Lipinski definition) is 0. The lowest BCUT2D eigenvalue weighted by molar-refractivity contribution is 0.0759. The molecule has 92 valence electrons. The third kappa shape index (κ3) is 2.65. The molecule has 0 spiro atoms. The maximum atomic E-state index is 13.6. The van der Waals surface area contributed by atoms with Gasteiger partial charge in [-0.05, 0) is 41.1 Å². The second kappa shape index (κ2) is 4.37. The second-order valence-corrected chi connectivity index (χ2v) is 5.37. The minimum Gasteiger partial charge on any atom is -0.335 e. The standard InChI is InChI=1S/C12H12BrF2NO/c1-12(15)4-5-16(7-12)11(17)9-6-8(14)2-3-10(9)13/h2-3,6H,4-5,7H2,1H3. The molecule has 0 N–H and O–H groups in total. The molecule has 1 fully saturated rings. The molecule has 1 aliphatic heterocycles. The summed E-state index contributed by atoms with van der Waals surface area (Å²) >= 11 is 3.20. The largest absolute Gasteiger partial charge is 0.335 e. The van der Waals surface area contributed by atoms with Gasteiger partial charge in [0.05, 0.1) is 12.1 Å². The van der Waals surface area contributed by atoms with Crippen molar-refractivity contribution in [2.45, 2.75) is 19.0 Å². The number of amides is 1. The average molecular weight is 304 g/mol. The lowest BCUT2D eigenvalue weighted by atomic mass is 10.1. The van der Waals surface area contributed by atoms with Gasteiger partial charge in [-0.15, -0.1) is 0 Å². The van der Waals surface area contributed by atoms with Gasteiger partial charge in [-0.2, -0.15) is 0 Å². The first kappa shape index (κ1) is 12.5. The Labute approximate surface area is 107 Å². The Morgan fingerprint density at radius 2 is 2.24 bits per heavy atom. The van der Waals surface area contributed by atoms with Gasteiger partial charge in [0.25, 0.3) is 5.91 Å². The Hall–Kier alpha value is -0.970. The van der Waals surface area contributed by atoms with Crippen molar-refractivity contribution >= 4 is 21.8 Å². The Kier molecular flexibility index (Phi) is 3.21. The molecular formula is C12H12BrF2NO. The van der Waals surface area contributed by atoms with Crippen molar-refractivity contribution < 1.29 is 13.6 Å². The van der Waals surface area contributed by atoms with E-state index in [0.717, 1.165) is 0 Å². The Morgan fingerprint density at radius 3 is 2.82 bits per heavy atom. The number of halogens is 3. The van der Waals surface area contributed by atoms with Gasteiger partial charge in [0.15, 0.2) is 0 Å². The van der Waals surface area contributed by atoms with Gasteiger partial charge in [0.2, 0.25) is 0 Å². The van der Waals surface area contributed by atoms with E-state index in [1.807, 2.05) is 0 Å². The predicted octanol–water partition coefficient (Wildman–Crippen LogP) is 3.16. The van der Waals surface area contributed by atoms with E-state index >= 15 is 0 Å². The first-order valence-electron chi connectivity index (χ1n) is 5.32. The highest BCUT2D eigenvalue weighted by Gasteiger charge is 2.36. The summed E-state index contributed by atoms with van der Waals surface area (Å²) < 4.78 is 27.2. The van der Waals surface area contributed by atoms with Crippen LogP contribution in [0.2, 0.25) is 0 Å². The van der Waals surface area contributed by atoms with Crippen molar-refractivity contribution in [1.82, 2.24) is 4.90 Å². The van der Waals surface area contributed by atoms with Gasteiger partial charge in [0, 0.05) is 17.4 Å². The minimum absolute atomic E-state index is 0.0643. The molecule has 1 saturated heterocycles. The summed E-state index contributed by atoms with van der Waals surface area (Å²) in [7, 11) is 0. The summed E-state index contributed by atoms with van der Waals surface area (Å²) in [4.78, 5) is 13.5. The van der Waals surface area contributed by atoms with E-state index in [1.54, 1.807) is 0 Å². The molecule has 0 saturated carbocycles. The Morgan fingerprint density at radius 1 is 1.53 bits per heavy atom. The van der Waals surface area contributed by atoms with E-state index in [2.05, 4.69) is 15.9 Å². The normalized spacial score (nSPS) is 24.1. The Balaban J connectivity index is 2.23. The highest BCUT2D eigenvalue weighted by atomic mass is 79.9. The molecule has 1 aromatic carbocycles. The number of nitrogens with zero attached hydrogens (tertiary/aromatic N) is 1. The average Bonchev–Trinajstić information content (AvgIpc) is 2.61. The zero-order chi connectivity index (χ0) is 12.6. The molecule has 1 aromatic rings. The van der Waals surface area contributed by atoms with Crippen LogP contribution in [0.3, 0.4) is 0 Å². The predicted molar refractivity (Wildman–Crippen MR) is 64.1 cm³/mol. The maximum Gasteiger partial charge on any atom is 0.255 e. The molecule has 0 aromatic heterocycles. The summed E-state index contributed by atoms with van der Waals surface area (Å²) in [5.41, 5.74) is -1.10. The van der Waals surface area contributed by atoms with E-state index < -0.39 is 11.5 Å². The van der Waals surface area contributed by atoms with Gasteiger partial charge >= 0.3 is 0 Å². The van der Waals surface area contributed by atoms with Gasteiger partial charge in [-0.25, -0.2) is 8.78 Å². The van der Waals surface area contributed by atoms with Crippen LogP contribution in [-0.4, -0.2) is 29.6 Å². The molecule has 17 heavy (non-hydrogen) atoms. The van der Waals surface area contributed by atoms with Gasteiger partial charge in [-0.3, -0.25) is 4.79 Å². The Bertz CT molecular complexity index is 462. The molecular weight excluding hydrogens is 292 g/mol. The first-order chi connectivity index (χ1) is 7.89. The number of carbonyl (C=O) groups excluding carboxylic acids is 1. The third-order valence-corrected chi connectivity index (χ3v) is 3.56.